The average Bonchev–Trinajstić information content (AvgIpc) is 3.47. The van der Waals surface area contributed by atoms with E-state index in [1.54, 1.807) is 47.3 Å². The largest absolute Gasteiger partial charge is 0.376 e. The SMILES string of the molecule is O=C(Nc1ccccc1C(=O)NCC1CCCO1)c1ccc(-n2cccn2)cc1. The molecule has 1 aromatic heterocycles. The van der Waals surface area contributed by atoms with Gasteiger partial charge in [0, 0.05) is 31.1 Å². The number of carbonyl (C=O) groups excluding carboxylic acids is 2. The highest BCUT2D eigenvalue weighted by atomic mass is 16.5. The van der Waals surface area contributed by atoms with Gasteiger partial charge in [-0.3, -0.25) is 9.59 Å². The topological polar surface area (TPSA) is 85.3 Å². The van der Waals surface area contributed by atoms with Crippen LogP contribution in [0.3, 0.4) is 0 Å². The predicted octanol–water partition coefficient (Wildman–Crippen LogP) is 3.03. The zero-order valence-electron chi connectivity index (χ0n) is 15.9. The Kier molecular flexibility index (Phi) is 5.67. The van der Waals surface area contributed by atoms with Gasteiger partial charge in [0.2, 0.25) is 0 Å². The summed E-state index contributed by atoms with van der Waals surface area (Å²) in [5.74, 6) is -0.512. The van der Waals surface area contributed by atoms with E-state index < -0.39 is 0 Å². The van der Waals surface area contributed by atoms with E-state index in [-0.39, 0.29) is 17.9 Å². The fourth-order valence-electron chi connectivity index (χ4n) is 3.28. The Morgan fingerprint density at radius 2 is 1.90 bits per heavy atom. The molecule has 1 aliphatic heterocycles. The van der Waals surface area contributed by atoms with E-state index in [0.717, 1.165) is 25.1 Å². The van der Waals surface area contributed by atoms with Gasteiger partial charge >= 0.3 is 0 Å². The van der Waals surface area contributed by atoms with Crippen molar-refractivity contribution >= 4 is 17.5 Å². The molecule has 0 bridgehead atoms. The van der Waals surface area contributed by atoms with E-state index in [1.165, 1.54) is 0 Å². The van der Waals surface area contributed by atoms with E-state index in [4.69, 9.17) is 4.74 Å². The number of carbonyl (C=O) groups is 2. The van der Waals surface area contributed by atoms with Crippen molar-refractivity contribution in [2.24, 2.45) is 0 Å². The normalized spacial score (nSPS) is 15.8. The first-order valence-corrected chi connectivity index (χ1v) is 9.61. The summed E-state index contributed by atoms with van der Waals surface area (Å²) in [5.41, 5.74) is 2.25. The second-order valence-corrected chi connectivity index (χ2v) is 6.84. The number of nitrogens with zero attached hydrogens (tertiary/aromatic N) is 2. The van der Waals surface area contributed by atoms with Crippen molar-refractivity contribution in [3.05, 3.63) is 78.1 Å². The number of ether oxygens (including phenoxy) is 1. The molecule has 2 N–H and O–H groups in total. The van der Waals surface area contributed by atoms with Crippen LogP contribution in [0.2, 0.25) is 0 Å². The van der Waals surface area contributed by atoms with E-state index in [0.29, 0.717) is 23.4 Å². The Balaban J connectivity index is 1.43. The summed E-state index contributed by atoms with van der Waals surface area (Å²) in [5, 5.41) is 9.90. The van der Waals surface area contributed by atoms with Crippen LogP contribution in [0.5, 0.6) is 0 Å². The number of hydrogen-bond acceptors (Lipinski definition) is 4. The summed E-state index contributed by atoms with van der Waals surface area (Å²) in [6.07, 6.45) is 5.57. The summed E-state index contributed by atoms with van der Waals surface area (Å²) in [6.45, 7) is 1.21. The summed E-state index contributed by atoms with van der Waals surface area (Å²) >= 11 is 0. The highest BCUT2D eigenvalue weighted by molar-refractivity contribution is 6.09. The lowest BCUT2D eigenvalue weighted by Crippen LogP contribution is -2.32. The standard InChI is InChI=1S/C22H22N4O3/c27-21(16-8-10-17(11-9-16)26-13-4-12-24-26)25-20-7-2-1-6-19(20)22(28)23-15-18-5-3-14-29-18/h1-2,4,6-13,18H,3,5,14-15H2,(H,23,28)(H,25,27). The maximum absolute atomic E-state index is 12.7. The Labute approximate surface area is 168 Å². The molecule has 148 valence electrons. The second-order valence-electron chi connectivity index (χ2n) is 6.84. The second kappa shape index (κ2) is 8.70. The van der Waals surface area contributed by atoms with Gasteiger partial charge in [0.25, 0.3) is 11.8 Å². The van der Waals surface area contributed by atoms with Gasteiger partial charge < -0.3 is 15.4 Å². The molecule has 1 aliphatic rings. The Morgan fingerprint density at radius 1 is 1.07 bits per heavy atom. The summed E-state index contributed by atoms with van der Waals surface area (Å²) < 4.78 is 7.26. The van der Waals surface area contributed by atoms with Crippen molar-refractivity contribution in [3.63, 3.8) is 0 Å². The number of hydrogen-bond donors (Lipinski definition) is 2. The van der Waals surface area contributed by atoms with Crippen LogP contribution < -0.4 is 10.6 Å². The molecular weight excluding hydrogens is 368 g/mol. The Bertz CT molecular complexity index is 978. The van der Waals surface area contributed by atoms with Crippen LogP contribution in [-0.2, 0) is 4.74 Å². The molecule has 0 radical (unpaired) electrons. The highest BCUT2D eigenvalue weighted by Crippen LogP contribution is 2.18. The summed E-state index contributed by atoms with van der Waals surface area (Å²) in [4.78, 5) is 25.3. The molecule has 0 spiro atoms. The number of para-hydroxylation sites is 1. The fraction of sp³-hybridized carbons (Fsp3) is 0.227. The van der Waals surface area contributed by atoms with E-state index in [2.05, 4.69) is 15.7 Å². The number of benzene rings is 2. The van der Waals surface area contributed by atoms with E-state index in [1.807, 2.05) is 24.4 Å². The van der Waals surface area contributed by atoms with Crippen LogP contribution >= 0.6 is 0 Å². The monoisotopic (exact) mass is 390 g/mol. The van der Waals surface area contributed by atoms with Gasteiger partial charge in [0.05, 0.1) is 23.0 Å². The van der Waals surface area contributed by atoms with Crippen molar-refractivity contribution in [3.8, 4) is 5.69 Å². The first kappa shape index (κ1) is 18.9. The quantitative estimate of drug-likeness (QED) is 0.678. The van der Waals surface area contributed by atoms with Crippen LogP contribution in [0, 0.1) is 0 Å². The van der Waals surface area contributed by atoms with Gasteiger partial charge in [-0.25, -0.2) is 4.68 Å². The maximum atomic E-state index is 12.7. The van der Waals surface area contributed by atoms with Crippen LogP contribution in [0.15, 0.2) is 67.0 Å². The molecule has 0 aliphatic carbocycles. The number of aromatic nitrogens is 2. The molecule has 2 amide bonds. The summed E-state index contributed by atoms with van der Waals surface area (Å²) in [6, 6.07) is 15.9. The minimum Gasteiger partial charge on any atom is -0.376 e. The van der Waals surface area contributed by atoms with E-state index >= 15 is 0 Å². The van der Waals surface area contributed by atoms with Gasteiger partial charge in [0.15, 0.2) is 0 Å². The van der Waals surface area contributed by atoms with Crippen molar-refractivity contribution in [2.75, 3.05) is 18.5 Å². The number of amides is 2. The van der Waals surface area contributed by atoms with Crippen LogP contribution in [0.4, 0.5) is 5.69 Å². The third-order valence-electron chi connectivity index (χ3n) is 4.83. The molecule has 1 atom stereocenters. The number of rotatable bonds is 6. The molecule has 0 saturated carbocycles. The molecule has 1 fully saturated rings. The molecular formula is C22H22N4O3. The van der Waals surface area contributed by atoms with Gasteiger partial charge in [-0.1, -0.05) is 12.1 Å². The van der Waals surface area contributed by atoms with Gasteiger partial charge in [-0.15, -0.1) is 0 Å². The minimum atomic E-state index is -0.281. The molecule has 2 heterocycles. The van der Waals surface area contributed by atoms with Gasteiger partial charge in [0.1, 0.15) is 0 Å². The first-order valence-electron chi connectivity index (χ1n) is 9.61. The zero-order valence-corrected chi connectivity index (χ0v) is 15.9. The Hall–Kier alpha value is -3.45. The van der Waals surface area contributed by atoms with Gasteiger partial charge in [-0.2, -0.15) is 5.10 Å². The highest BCUT2D eigenvalue weighted by Gasteiger charge is 2.18. The summed E-state index contributed by atoms with van der Waals surface area (Å²) in [7, 11) is 0. The fourth-order valence-corrected chi connectivity index (χ4v) is 3.28. The molecule has 1 saturated heterocycles. The first-order chi connectivity index (χ1) is 14.2. The lowest BCUT2D eigenvalue weighted by molar-refractivity contribution is 0.0858. The van der Waals surface area contributed by atoms with Gasteiger partial charge in [-0.05, 0) is 55.3 Å². The van der Waals surface area contributed by atoms with E-state index in [9.17, 15) is 9.59 Å². The van der Waals surface area contributed by atoms with Crippen molar-refractivity contribution < 1.29 is 14.3 Å². The van der Waals surface area contributed by atoms with Crippen molar-refractivity contribution in [1.82, 2.24) is 15.1 Å². The minimum absolute atomic E-state index is 0.0639. The molecule has 2 aromatic carbocycles. The number of anilines is 1. The lowest BCUT2D eigenvalue weighted by atomic mass is 10.1. The molecule has 4 rings (SSSR count). The zero-order chi connectivity index (χ0) is 20.1. The maximum Gasteiger partial charge on any atom is 0.255 e. The predicted molar refractivity (Wildman–Crippen MR) is 109 cm³/mol. The molecule has 29 heavy (non-hydrogen) atoms. The molecule has 7 nitrogen and oxygen atoms in total. The molecule has 3 aromatic rings. The van der Waals surface area contributed by atoms with Crippen molar-refractivity contribution in [2.45, 2.75) is 18.9 Å². The van der Waals surface area contributed by atoms with Crippen LogP contribution in [-0.4, -0.2) is 40.9 Å². The average molecular weight is 390 g/mol. The van der Waals surface area contributed by atoms with Crippen LogP contribution in [0.1, 0.15) is 33.6 Å². The smallest absolute Gasteiger partial charge is 0.255 e. The van der Waals surface area contributed by atoms with Crippen LogP contribution in [0.25, 0.3) is 5.69 Å². The lowest BCUT2D eigenvalue weighted by Gasteiger charge is -2.14. The number of nitrogens with one attached hydrogen (secondary N) is 2. The Morgan fingerprint density at radius 3 is 2.62 bits per heavy atom. The van der Waals surface area contributed by atoms with Crippen molar-refractivity contribution in [1.29, 1.82) is 0 Å². The third-order valence-corrected chi connectivity index (χ3v) is 4.83. The third kappa shape index (κ3) is 4.52. The molecule has 1 unspecified atom stereocenters. The molecule has 7 heteroatoms.